The number of aromatic nitrogens is 1. The molecule has 1 aromatic carbocycles. The number of hydrogen-bond acceptors (Lipinski definition) is 4. The maximum Gasteiger partial charge on any atom is 0.293 e. The van der Waals surface area contributed by atoms with Gasteiger partial charge in [-0.25, -0.2) is 4.39 Å². The predicted octanol–water partition coefficient (Wildman–Crippen LogP) is 3.14. The lowest BCUT2D eigenvalue weighted by Gasteiger charge is -2.06. The van der Waals surface area contributed by atoms with Crippen LogP contribution in [-0.2, 0) is 0 Å². The standard InChI is InChI=1S/C12H7BrFN3O3/c13-7-1-2-10(11(5-7)17(19)20)16-12(18)8-3-4-15-6-9(8)14/h1-6H,(H,16,18). The van der Waals surface area contributed by atoms with Gasteiger partial charge in [0, 0.05) is 16.7 Å². The van der Waals surface area contributed by atoms with Crippen molar-refractivity contribution < 1.29 is 14.1 Å². The van der Waals surface area contributed by atoms with Gasteiger partial charge in [-0.15, -0.1) is 0 Å². The van der Waals surface area contributed by atoms with Gasteiger partial charge in [-0.05, 0) is 18.2 Å². The zero-order valence-electron chi connectivity index (χ0n) is 9.84. The van der Waals surface area contributed by atoms with E-state index in [2.05, 4.69) is 26.2 Å². The number of hydrogen-bond donors (Lipinski definition) is 1. The monoisotopic (exact) mass is 339 g/mol. The number of halogens is 2. The van der Waals surface area contributed by atoms with Gasteiger partial charge in [0.25, 0.3) is 11.6 Å². The molecule has 0 spiro atoms. The summed E-state index contributed by atoms with van der Waals surface area (Å²) in [6.45, 7) is 0. The van der Waals surface area contributed by atoms with Gasteiger partial charge >= 0.3 is 0 Å². The number of nitrogens with one attached hydrogen (secondary N) is 1. The number of carbonyl (C=O) groups excluding carboxylic acids is 1. The molecule has 1 N–H and O–H groups in total. The molecule has 1 aromatic heterocycles. The van der Waals surface area contributed by atoms with Crippen molar-refractivity contribution in [1.82, 2.24) is 4.98 Å². The molecule has 0 saturated carbocycles. The van der Waals surface area contributed by atoms with Crippen molar-refractivity contribution in [3.05, 3.63) is 62.6 Å². The van der Waals surface area contributed by atoms with E-state index in [4.69, 9.17) is 0 Å². The molecular weight excluding hydrogens is 333 g/mol. The first-order chi connectivity index (χ1) is 9.49. The maximum absolute atomic E-state index is 13.4. The molecule has 0 atom stereocenters. The minimum Gasteiger partial charge on any atom is -0.316 e. The molecule has 0 aliphatic heterocycles. The van der Waals surface area contributed by atoms with Crippen molar-refractivity contribution in [1.29, 1.82) is 0 Å². The van der Waals surface area contributed by atoms with Crippen LogP contribution in [0.4, 0.5) is 15.8 Å². The molecule has 0 radical (unpaired) electrons. The Morgan fingerprint density at radius 2 is 2.15 bits per heavy atom. The summed E-state index contributed by atoms with van der Waals surface area (Å²) in [6.07, 6.45) is 2.15. The van der Waals surface area contributed by atoms with E-state index in [-0.39, 0.29) is 16.9 Å². The largest absolute Gasteiger partial charge is 0.316 e. The molecule has 102 valence electrons. The van der Waals surface area contributed by atoms with Crippen molar-refractivity contribution in [2.45, 2.75) is 0 Å². The number of nitro benzene ring substituents is 1. The highest BCUT2D eigenvalue weighted by molar-refractivity contribution is 9.10. The molecule has 1 amide bonds. The summed E-state index contributed by atoms with van der Waals surface area (Å²) in [7, 11) is 0. The molecule has 0 saturated heterocycles. The van der Waals surface area contributed by atoms with Crippen molar-refractivity contribution in [3.63, 3.8) is 0 Å². The number of nitrogens with zero attached hydrogens (tertiary/aromatic N) is 2. The first-order valence-electron chi connectivity index (χ1n) is 5.34. The highest BCUT2D eigenvalue weighted by Crippen LogP contribution is 2.28. The summed E-state index contributed by atoms with van der Waals surface area (Å²) in [4.78, 5) is 25.7. The lowest BCUT2D eigenvalue weighted by molar-refractivity contribution is -0.384. The van der Waals surface area contributed by atoms with Crippen LogP contribution in [0, 0.1) is 15.9 Å². The van der Waals surface area contributed by atoms with Crippen molar-refractivity contribution in [2.75, 3.05) is 5.32 Å². The number of rotatable bonds is 3. The second-order valence-electron chi connectivity index (χ2n) is 3.73. The summed E-state index contributed by atoms with van der Waals surface area (Å²) in [5.74, 6) is -1.58. The van der Waals surface area contributed by atoms with Gasteiger partial charge < -0.3 is 5.32 Å². The van der Waals surface area contributed by atoms with Gasteiger partial charge in [0.1, 0.15) is 5.69 Å². The van der Waals surface area contributed by atoms with Gasteiger partial charge in [-0.3, -0.25) is 19.9 Å². The Labute approximate surface area is 120 Å². The fourth-order valence-electron chi connectivity index (χ4n) is 1.51. The van der Waals surface area contributed by atoms with E-state index >= 15 is 0 Å². The minimum absolute atomic E-state index is 0.0144. The fourth-order valence-corrected chi connectivity index (χ4v) is 1.86. The average Bonchev–Trinajstić information content (AvgIpc) is 2.41. The van der Waals surface area contributed by atoms with Crippen LogP contribution in [0.1, 0.15) is 10.4 Å². The molecule has 8 heteroatoms. The molecule has 0 bridgehead atoms. The minimum atomic E-state index is -0.801. The molecule has 0 aliphatic carbocycles. The number of carbonyl (C=O) groups is 1. The van der Waals surface area contributed by atoms with E-state index in [1.807, 2.05) is 0 Å². The third kappa shape index (κ3) is 2.97. The van der Waals surface area contributed by atoms with Crippen LogP contribution in [0.25, 0.3) is 0 Å². The number of amides is 1. The van der Waals surface area contributed by atoms with E-state index in [1.165, 1.54) is 30.5 Å². The van der Waals surface area contributed by atoms with Crippen LogP contribution in [0.2, 0.25) is 0 Å². The summed E-state index contributed by atoms with van der Waals surface area (Å²) >= 11 is 3.10. The quantitative estimate of drug-likeness (QED) is 0.687. The molecule has 6 nitrogen and oxygen atoms in total. The lowest BCUT2D eigenvalue weighted by Crippen LogP contribution is -2.15. The summed E-state index contributed by atoms with van der Waals surface area (Å²) < 4.78 is 13.9. The number of benzene rings is 1. The second kappa shape index (κ2) is 5.74. The molecule has 0 aliphatic rings. The highest BCUT2D eigenvalue weighted by Gasteiger charge is 2.18. The molecule has 0 unspecified atom stereocenters. The van der Waals surface area contributed by atoms with Gasteiger partial charge in [0.2, 0.25) is 0 Å². The van der Waals surface area contributed by atoms with Crippen LogP contribution in [0.15, 0.2) is 41.1 Å². The van der Waals surface area contributed by atoms with E-state index in [0.717, 1.165) is 6.20 Å². The summed E-state index contributed by atoms with van der Waals surface area (Å²) in [5.41, 5.74) is -0.543. The summed E-state index contributed by atoms with van der Waals surface area (Å²) in [6, 6.07) is 5.33. The van der Waals surface area contributed by atoms with Crippen LogP contribution in [-0.4, -0.2) is 15.8 Å². The van der Waals surface area contributed by atoms with E-state index < -0.39 is 16.6 Å². The van der Waals surface area contributed by atoms with E-state index in [1.54, 1.807) is 0 Å². The first-order valence-corrected chi connectivity index (χ1v) is 6.13. The number of pyridine rings is 1. The fraction of sp³-hybridized carbons (Fsp3) is 0. The Morgan fingerprint density at radius 3 is 2.80 bits per heavy atom. The first kappa shape index (κ1) is 14.1. The lowest BCUT2D eigenvalue weighted by atomic mass is 10.2. The second-order valence-corrected chi connectivity index (χ2v) is 4.64. The Hall–Kier alpha value is -2.35. The third-order valence-electron chi connectivity index (χ3n) is 2.42. The van der Waals surface area contributed by atoms with Gasteiger partial charge in [-0.2, -0.15) is 0 Å². The van der Waals surface area contributed by atoms with Crippen LogP contribution < -0.4 is 5.32 Å². The highest BCUT2D eigenvalue weighted by atomic mass is 79.9. The van der Waals surface area contributed by atoms with Gasteiger partial charge in [0.15, 0.2) is 5.82 Å². The van der Waals surface area contributed by atoms with Gasteiger partial charge in [-0.1, -0.05) is 15.9 Å². The van der Waals surface area contributed by atoms with Gasteiger partial charge in [0.05, 0.1) is 16.7 Å². The Bertz CT molecular complexity index is 693. The molecule has 2 aromatic rings. The third-order valence-corrected chi connectivity index (χ3v) is 2.92. The zero-order valence-corrected chi connectivity index (χ0v) is 11.4. The van der Waals surface area contributed by atoms with Crippen LogP contribution in [0.3, 0.4) is 0 Å². The summed E-state index contributed by atoms with van der Waals surface area (Å²) in [5, 5.41) is 13.2. The number of anilines is 1. The van der Waals surface area contributed by atoms with Crippen molar-refractivity contribution in [3.8, 4) is 0 Å². The molecular formula is C12H7BrFN3O3. The van der Waals surface area contributed by atoms with E-state index in [0.29, 0.717) is 4.47 Å². The van der Waals surface area contributed by atoms with Crippen molar-refractivity contribution in [2.24, 2.45) is 0 Å². The normalized spacial score (nSPS) is 10.1. The Morgan fingerprint density at radius 1 is 1.40 bits per heavy atom. The predicted molar refractivity (Wildman–Crippen MR) is 72.9 cm³/mol. The average molecular weight is 340 g/mol. The zero-order chi connectivity index (χ0) is 14.7. The molecule has 20 heavy (non-hydrogen) atoms. The smallest absolute Gasteiger partial charge is 0.293 e. The Kier molecular flexibility index (Phi) is 4.04. The number of nitro groups is 1. The molecule has 1 heterocycles. The maximum atomic E-state index is 13.4. The topological polar surface area (TPSA) is 85.1 Å². The van der Waals surface area contributed by atoms with Crippen LogP contribution in [0.5, 0.6) is 0 Å². The molecule has 0 fully saturated rings. The van der Waals surface area contributed by atoms with E-state index in [9.17, 15) is 19.3 Å². The van der Waals surface area contributed by atoms with Crippen molar-refractivity contribution >= 4 is 33.2 Å². The molecule has 2 rings (SSSR count). The Balaban J connectivity index is 2.33. The SMILES string of the molecule is O=C(Nc1ccc(Br)cc1[N+](=O)[O-])c1ccncc1F. The van der Waals surface area contributed by atoms with Crippen LogP contribution >= 0.6 is 15.9 Å².